The van der Waals surface area contributed by atoms with Gasteiger partial charge in [-0.2, -0.15) is 5.10 Å². The Morgan fingerprint density at radius 1 is 1.19 bits per heavy atom. The normalized spacial score (nSPS) is 14.5. The van der Waals surface area contributed by atoms with Crippen molar-refractivity contribution in [2.24, 2.45) is 0 Å². The Labute approximate surface area is 197 Å². The van der Waals surface area contributed by atoms with Crippen LogP contribution in [0, 0.1) is 0 Å². The molecule has 0 fully saturated rings. The number of nitrogens with one attached hydrogen (secondary N) is 3. The van der Waals surface area contributed by atoms with Crippen LogP contribution < -0.4 is 15.6 Å². The molecule has 0 bridgehead atoms. The fourth-order valence-corrected chi connectivity index (χ4v) is 5.14. The number of unbranched alkanes of at least 4 members (excludes halogenated alkanes) is 1. The molecule has 0 unspecified atom stereocenters. The summed E-state index contributed by atoms with van der Waals surface area (Å²) < 4.78 is 2.69. The molecule has 0 spiro atoms. The van der Waals surface area contributed by atoms with Gasteiger partial charge < -0.3 is 5.32 Å². The van der Waals surface area contributed by atoms with Gasteiger partial charge >= 0.3 is 11.3 Å². The molecule has 4 aromatic rings. The van der Waals surface area contributed by atoms with E-state index in [4.69, 9.17) is 5.10 Å². The van der Waals surface area contributed by atoms with Crippen LogP contribution in [0.2, 0.25) is 0 Å². The fraction of sp³-hybridized carbons (Fsp3) is 0.217. The zero-order valence-electron chi connectivity index (χ0n) is 17.4. The van der Waals surface area contributed by atoms with Crippen LogP contribution >= 0.6 is 27.7 Å². The first kappa shape index (κ1) is 21.0. The molecule has 162 valence electrons. The van der Waals surface area contributed by atoms with Crippen molar-refractivity contribution in [1.82, 2.24) is 20.3 Å². The van der Waals surface area contributed by atoms with Crippen LogP contribution in [0.1, 0.15) is 31.5 Å². The highest BCUT2D eigenvalue weighted by Gasteiger charge is 2.39. The van der Waals surface area contributed by atoms with Crippen molar-refractivity contribution in [1.29, 1.82) is 0 Å². The highest BCUT2D eigenvalue weighted by Crippen LogP contribution is 2.36. The molecule has 1 atom stereocenters. The van der Waals surface area contributed by atoms with Gasteiger partial charge in [0.2, 0.25) is 5.16 Å². The lowest BCUT2D eigenvalue weighted by atomic mass is 10.0. The number of hydrogen-bond acceptors (Lipinski definition) is 5. The summed E-state index contributed by atoms with van der Waals surface area (Å²) in [5.74, 6) is 0.903. The van der Waals surface area contributed by atoms with Crippen LogP contribution in [-0.4, -0.2) is 26.0 Å². The lowest BCUT2D eigenvalue weighted by Gasteiger charge is -2.22. The average Bonchev–Trinajstić information content (AvgIpc) is 3.29. The number of anilines is 1. The van der Waals surface area contributed by atoms with E-state index in [0.29, 0.717) is 10.9 Å². The number of halogens is 1. The highest BCUT2D eigenvalue weighted by atomic mass is 79.9. The number of rotatable bonds is 6. The monoisotopic (exact) mass is 509 g/mol. The fourth-order valence-electron chi connectivity index (χ4n) is 3.84. The summed E-state index contributed by atoms with van der Waals surface area (Å²) in [7, 11) is 0. The van der Waals surface area contributed by atoms with Crippen LogP contribution in [0.3, 0.4) is 0 Å². The van der Waals surface area contributed by atoms with E-state index in [1.54, 1.807) is 22.6 Å². The molecule has 0 aliphatic carbocycles. The summed E-state index contributed by atoms with van der Waals surface area (Å²) in [6.07, 6.45) is 3.57. The van der Waals surface area contributed by atoms with Crippen LogP contribution in [0.25, 0.3) is 22.5 Å². The number of fused-ring (bicyclic) bond motifs is 3. The lowest BCUT2D eigenvalue weighted by molar-refractivity contribution is -0.759. The minimum Gasteiger partial charge on any atom is -0.321 e. The minimum absolute atomic E-state index is 0.158. The second-order valence-corrected chi connectivity index (χ2v) is 9.56. The second-order valence-electron chi connectivity index (χ2n) is 7.56. The van der Waals surface area contributed by atoms with Gasteiger partial charge in [0.1, 0.15) is 0 Å². The molecule has 3 heterocycles. The number of thioether (sulfide) groups is 1. The van der Waals surface area contributed by atoms with Crippen molar-refractivity contribution in [2.45, 2.75) is 31.1 Å². The van der Waals surface area contributed by atoms with Crippen molar-refractivity contribution in [3.05, 3.63) is 75.1 Å². The van der Waals surface area contributed by atoms with Gasteiger partial charge in [-0.15, -0.1) is 0 Å². The van der Waals surface area contributed by atoms with Gasteiger partial charge in [-0.05, 0) is 29.3 Å². The molecule has 7 nitrogen and oxygen atoms in total. The molecule has 3 N–H and O–H groups in total. The summed E-state index contributed by atoms with van der Waals surface area (Å²) in [6, 6.07) is 15.9. The number of nitrogens with zero attached hydrogens (tertiary/aromatic N) is 3. The predicted octanol–water partition coefficient (Wildman–Crippen LogP) is 4.74. The van der Waals surface area contributed by atoms with E-state index in [2.05, 4.69) is 43.4 Å². The molecule has 32 heavy (non-hydrogen) atoms. The van der Waals surface area contributed by atoms with Crippen molar-refractivity contribution in [3.63, 3.8) is 0 Å². The Morgan fingerprint density at radius 2 is 2.03 bits per heavy atom. The van der Waals surface area contributed by atoms with Crippen molar-refractivity contribution < 1.29 is 4.68 Å². The second kappa shape index (κ2) is 8.91. The van der Waals surface area contributed by atoms with E-state index < -0.39 is 0 Å². The third-order valence-corrected chi connectivity index (χ3v) is 6.84. The Balaban J connectivity index is 1.68. The van der Waals surface area contributed by atoms with Gasteiger partial charge in [-0.3, -0.25) is 14.9 Å². The molecule has 2 aromatic heterocycles. The summed E-state index contributed by atoms with van der Waals surface area (Å²) in [4.78, 5) is 16.2. The Hall–Kier alpha value is -2.91. The summed E-state index contributed by atoms with van der Waals surface area (Å²) in [5, 5.41) is 16.5. The van der Waals surface area contributed by atoms with E-state index in [1.165, 1.54) is 0 Å². The topological polar surface area (TPSA) is 90.3 Å². The van der Waals surface area contributed by atoms with Crippen molar-refractivity contribution >= 4 is 33.4 Å². The van der Waals surface area contributed by atoms with E-state index in [-0.39, 0.29) is 11.7 Å². The third kappa shape index (κ3) is 3.86. The number of benzene rings is 2. The Morgan fingerprint density at radius 3 is 2.84 bits per heavy atom. The maximum absolute atomic E-state index is 13.3. The van der Waals surface area contributed by atoms with Crippen LogP contribution in [-0.2, 0) is 0 Å². The first-order valence-electron chi connectivity index (χ1n) is 10.5. The number of aromatic amines is 2. The third-order valence-electron chi connectivity index (χ3n) is 5.40. The molecular formula is C23H22BrN6OS+. The molecule has 1 aliphatic heterocycles. The first-order valence-corrected chi connectivity index (χ1v) is 12.3. The highest BCUT2D eigenvalue weighted by molar-refractivity contribution is 9.10. The van der Waals surface area contributed by atoms with E-state index >= 15 is 0 Å². The van der Waals surface area contributed by atoms with Crippen molar-refractivity contribution in [3.8, 4) is 22.5 Å². The van der Waals surface area contributed by atoms with Gasteiger partial charge in [0.25, 0.3) is 6.17 Å². The van der Waals surface area contributed by atoms with E-state index in [9.17, 15) is 4.79 Å². The SMILES string of the molecule is CCCCSc1n[n+]2c(c(=O)[nH]1)-c1cc(Br)ccc1N[C@@H]2c1cn[nH]c1-c1ccccc1. The first-order chi connectivity index (χ1) is 15.7. The quantitative estimate of drug-likeness (QED) is 0.198. The number of aromatic nitrogens is 5. The maximum atomic E-state index is 13.3. The van der Waals surface area contributed by atoms with E-state index in [0.717, 1.165) is 51.1 Å². The molecule has 9 heteroatoms. The standard InChI is InChI=1S/C23H21BrN6OS/c1-2-3-11-32-23-27-22(31)20-16-12-15(24)9-10-18(16)26-21(30(20)29-23)17-13-25-28-19(17)14-7-5-4-6-8-14/h4-10,12-13,21H,2-3,11H2,1H3,(H2,25,27,28,29,31)/p+1/t21-/m0/s1. The number of H-pyrrole nitrogens is 2. The molecule has 5 rings (SSSR count). The van der Waals surface area contributed by atoms with Crippen molar-refractivity contribution in [2.75, 3.05) is 11.1 Å². The van der Waals surface area contributed by atoms with E-state index in [1.807, 2.05) is 48.5 Å². The van der Waals surface area contributed by atoms with Crippen LogP contribution in [0.4, 0.5) is 5.69 Å². The molecule has 0 saturated heterocycles. The minimum atomic E-state index is -0.388. The summed E-state index contributed by atoms with van der Waals surface area (Å²) in [6.45, 7) is 2.15. The molecular weight excluding hydrogens is 488 g/mol. The van der Waals surface area contributed by atoms with Gasteiger partial charge in [-0.25, -0.2) is 0 Å². The number of hydrogen-bond donors (Lipinski definition) is 3. The Bertz CT molecular complexity index is 1320. The van der Waals surface area contributed by atoms with Crippen LogP contribution in [0.5, 0.6) is 0 Å². The van der Waals surface area contributed by atoms with Crippen LogP contribution in [0.15, 0.2) is 69.2 Å². The van der Waals surface area contributed by atoms with Gasteiger partial charge in [-0.1, -0.05) is 71.4 Å². The van der Waals surface area contributed by atoms with Gasteiger partial charge in [0, 0.05) is 20.9 Å². The zero-order chi connectivity index (χ0) is 22.1. The molecule has 0 amide bonds. The maximum Gasteiger partial charge on any atom is 0.325 e. The molecule has 0 saturated carbocycles. The predicted molar refractivity (Wildman–Crippen MR) is 130 cm³/mol. The molecule has 0 radical (unpaired) electrons. The lowest BCUT2D eigenvalue weighted by Crippen LogP contribution is -2.55. The zero-order valence-corrected chi connectivity index (χ0v) is 19.8. The molecule has 1 aliphatic rings. The Kier molecular flexibility index (Phi) is 5.84. The summed E-state index contributed by atoms with van der Waals surface area (Å²) in [5.41, 5.74) is 4.87. The smallest absolute Gasteiger partial charge is 0.321 e. The average molecular weight is 510 g/mol. The van der Waals surface area contributed by atoms with Gasteiger partial charge in [0.05, 0.1) is 28.7 Å². The van der Waals surface area contributed by atoms with Gasteiger partial charge in [0.15, 0.2) is 0 Å². The molecule has 2 aromatic carbocycles. The largest absolute Gasteiger partial charge is 0.325 e. The summed E-state index contributed by atoms with van der Waals surface area (Å²) >= 11 is 5.10.